The number of nitrogens with zero attached hydrogens (tertiary/aromatic N) is 2. The molecule has 0 aliphatic rings. The molecule has 4 aromatic rings. The zero-order valence-corrected chi connectivity index (χ0v) is 21.8. The summed E-state index contributed by atoms with van der Waals surface area (Å²) in [5, 5.41) is 3.15. The molecule has 5 nitrogen and oxygen atoms in total. The zero-order valence-electron chi connectivity index (χ0n) is 21.8. The molecule has 0 saturated carbocycles. The summed E-state index contributed by atoms with van der Waals surface area (Å²) in [6, 6.07) is 26.4. The average molecular weight is 484 g/mol. The maximum atomic E-state index is 12.7. The molecule has 188 valence electrons. The molecule has 0 bridgehead atoms. The molecule has 5 heteroatoms. The van der Waals surface area contributed by atoms with Gasteiger partial charge in [-0.3, -0.25) is 4.79 Å². The third-order valence-electron chi connectivity index (χ3n) is 6.45. The Balaban J connectivity index is 1.37. The number of carbonyl (C=O) groups excluding carboxylic acids is 1. The van der Waals surface area contributed by atoms with Crippen molar-refractivity contribution < 1.29 is 9.53 Å². The number of amides is 1. The Morgan fingerprint density at radius 3 is 2.39 bits per heavy atom. The first kappa shape index (κ1) is 25.5. The van der Waals surface area contributed by atoms with E-state index in [4.69, 9.17) is 9.72 Å². The van der Waals surface area contributed by atoms with Gasteiger partial charge in [-0.15, -0.1) is 0 Å². The lowest BCUT2D eigenvalue weighted by molar-refractivity contribution is -0.121. The highest BCUT2D eigenvalue weighted by molar-refractivity contribution is 5.78. The van der Waals surface area contributed by atoms with Gasteiger partial charge in [-0.2, -0.15) is 0 Å². The second kappa shape index (κ2) is 11.4. The van der Waals surface area contributed by atoms with Crippen LogP contribution >= 0.6 is 0 Å². The minimum absolute atomic E-state index is 0.0343. The van der Waals surface area contributed by atoms with Crippen LogP contribution in [-0.4, -0.2) is 22.1 Å². The van der Waals surface area contributed by atoms with Crippen LogP contribution < -0.4 is 10.1 Å². The molecule has 0 aliphatic heterocycles. The first-order chi connectivity index (χ1) is 17.3. The predicted octanol–water partition coefficient (Wildman–Crippen LogP) is 6.61. The lowest BCUT2D eigenvalue weighted by Crippen LogP contribution is -2.29. The van der Waals surface area contributed by atoms with E-state index < -0.39 is 0 Å². The van der Waals surface area contributed by atoms with E-state index in [1.807, 2.05) is 55.5 Å². The second-order valence-electron chi connectivity index (χ2n) is 10.4. The van der Waals surface area contributed by atoms with Crippen molar-refractivity contribution in [2.45, 2.75) is 65.0 Å². The molecule has 0 spiro atoms. The van der Waals surface area contributed by atoms with Gasteiger partial charge in [0, 0.05) is 13.0 Å². The summed E-state index contributed by atoms with van der Waals surface area (Å²) in [6.45, 7) is 10.0. The van der Waals surface area contributed by atoms with Gasteiger partial charge in [0.1, 0.15) is 11.6 Å². The van der Waals surface area contributed by atoms with Gasteiger partial charge < -0.3 is 14.6 Å². The monoisotopic (exact) mass is 483 g/mol. The van der Waals surface area contributed by atoms with Gasteiger partial charge in [0.15, 0.2) is 0 Å². The van der Waals surface area contributed by atoms with Gasteiger partial charge in [-0.1, -0.05) is 75.4 Å². The Hall–Kier alpha value is -3.60. The maximum absolute atomic E-state index is 12.7. The van der Waals surface area contributed by atoms with Crippen molar-refractivity contribution in [3.63, 3.8) is 0 Å². The number of para-hydroxylation sites is 2. The van der Waals surface area contributed by atoms with Crippen LogP contribution in [0.15, 0.2) is 78.9 Å². The quantitative estimate of drug-likeness (QED) is 0.258. The van der Waals surface area contributed by atoms with Crippen molar-refractivity contribution in [3.8, 4) is 5.75 Å². The molecule has 1 aromatic heterocycles. The van der Waals surface area contributed by atoms with Crippen molar-refractivity contribution in [1.29, 1.82) is 0 Å². The highest BCUT2D eigenvalue weighted by Crippen LogP contribution is 2.25. The van der Waals surface area contributed by atoms with E-state index in [1.54, 1.807) is 0 Å². The topological polar surface area (TPSA) is 56.2 Å². The van der Waals surface area contributed by atoms with Crippen molar-refractivity contribution in [3.05, 3.63) is 95.8 Å². The molecule has 1 unspecified atom stereocenters. The Kier molecular flexibility index (Phi) is 8.09. The lowest BCUT2D eigenvalue weighted by Gasteiger charge is -2.19. The number of hydrogen-bond donors (Lipinski definition) is 1. The first-order valence-corrected chi connectivity index (χ1v) is 12.8. The summed E-state index contributed by atoms with van der Waals surface area (Å²) >= 11 is 0. The highest BCUT2D eigenvalue weighted by atomic mass is 16.5. The Bertz CT molecular complexity index is 1270. The fourth-order valence-electron chi connectivity index (χ4n) is 4.40. The molecular formula is C31H37N3O2. The first-order valence-electron chi connectivity index (χ1n) is 12.8. The number of imidazole rings is 1. The lowest BCUT2D eigenvalue weighted by atomic mass is 9.87. The van der Waals surface area contributed by atoms with Gasteiger partial charge >= 0.3 is 0 Å². The van der Waals surface area contributed by atoms with Gasteiger partial charge in [-0.25, -0.2) is 4.98 Å². The maximum Gasteiger partial charge on any atom is 0.220 e. The van der Waals surface area contributed by atoms with Gasteiger partial charge in [-0.05, 0) is 60.6 Å². The Morgan fingerprint density at radius 1 is 0.972 bits per heavy atom. The van der Waals surface area contributed by atoms with Crippen molar-refractivity contribution in [1.82, 2.24) is 14.9 Å². The summed E-state index contributed by atoms with van der Waals surface area (Å²) < 4.78 is 8.23. The number of nitrogens with one attached hydrogen (secondary N) is 1. The van der Waals surface area contributed by atoms with Crippen molar-refractivity contribution >= 4 is 16.9 Å². The van der Waals surface area contributed by atoms with E-state index in [1.165, 1.54) is 11.1 Å². The molecule has 1 amide bonds. The number of aryl methyl sites for hydroxylation is 2. The second-order valence-corrected chi connectivity index (χ2v) is 10.4. The minimum atomic E-state index is -0.188. The summed E-state index contributed by atoms with van der Waals surface area (Å²) in [6.07, 6.45) is 2.02. The standard InChI is InChI=1S/C31H37N3O2/c1-23(32-29(35)20-15-24-11-6-5-7-12-24)30-33-27-13-8-9-14-28(27)34(30)21-10-22-36-26-18-16-25(17-19-26)31(2,3)4/h5-9,11-14,16-19,23H,10,15,20-22H2,1-4H3,(H,32,35). The molecule has 1 heterocycles. The molecular weight excluding hydrogens is 446 g/mol. The third kappa shape index (κ3) is 6.54. The van der Waals surface area contributed by atoms with Crippen LogP contribution in [0.2, 0.25) is 0 Å². The van der Waals surface area contributed by atoms with Crippen LogP contribution in [0, 0.1) is 0 Å². The van der Waals surface area contributed by atoms with E-state index in [0.29, 0.717) is 13.0 Å². The molecule has 36 heavy (non-hydrogen) atoms. The van der Waals surface area contributed by atoms with Gasteiger partial charge in [0.25, 0.3) is 0 Å². The number of benzene rings is 3. The molecule has 3 aromatic carbocycles. The van der Waals surface area contributed by atoms with Crippen LogP contribution in [0.25, 0.3) is 11.0 Å². The molecule has 1 atom stereocenters. The highest BCUT2D eigenvalue weighted by Gasteiger charge is 2.18. The number of ether oxygens (including phenoxy) is 1. The van der Waals surface area contributed by atoms with Crippen molar-refractivity contribution in [2.24, 2.45) is 0 Å². The molecule has 1 N–H and O–H groups in total. The van der Waals surface area contributed by atoms with E-state index >= 15 is 0 Å². The van der Waals surface area contributed by atoms with Gasteiger partial charge in [0.2, 0.25) is 5.91 Å². The minimum Gasteiger partial charge on any atom is -0.494 e. The summed E-state index contributed by atoms with van der Waals surface area (Å²) in [4.78, 5) is 17.5. The van der Waals surface area contributed by atoms with E-state index in [2.05, 4.69) is 61.0 Å². The predicted molar refractivity (Wildman–Crippen MR) is 146 cm³/mol. The molecule has 4 rings (SSSR count). The smallest absolute Gasteiger partial charge is 0.220 e. The van der Waals surface area contributed by atoms with Crippen LogP contribution in [0.3, 0.4) is 0 Å². The van der Waals surface area contributed by atoms with Crippen molar-refractivity contribution in [2.75, 3.05) is 6.61 Å². The molecule has 0 radical (unpaired) electrons. The molecule has 0 saturated heterocycles. The SMILES string of the molecule is CC(NC(=O)CCc1ccccc1)c1nc2ccccc2n1CCCOc1ccc(C(C)(C)C)cc1. The molecule has 0 aliphatic carbocycles. The number of rotatable bonds is 10. The van der Waals surface area contributed by atoms with Gasteiger partial charge in [0.05, 0.1) is 23.7 Å². The molecule has 0 fully saturated rings. The van der Waals surface area contributed by atoms with E-state index in [-0.39, 0.29) is 17.4 Å². The third-order valence-corrected chi connectivity index (χ3v) is 6.45. The fraction of sp³-hybridized carbons (Fsp3) is 0.355. The summed E-state index contributed by atoms with van der Waals surface area (Å²) in [5.41, 5.74) is 4.61. The normalized spacial score (nSPS) is 12.4. The number of hydrogen-bond acceptors (Lipinski definition) is 3. The number of fused-ring (bicyclic) bond motifs is 1. The van der Waals surface area contributed by atoms with Crippen LogP contribution in [0.5, 0.6) is 5.75 Å². The number of aromatic nitrogens is 2. The Labute approximate surface area is 214 Å². The largest absolute Gasteiger partial charge is 0.494 e. The van der Waals surface area contributed by atoms with Crippen LogP contribution in [0.4, 0.5) is 0 Å². The summed E-state index contributed by atoms with van der Waals surface area (Å²) in [5.74, 6) is 1.79. The van der Waals surface area contributed by atoms with E-state index in [9.17, 15) is 4.79 Å². The zero-order chi connectivity index (χ0) is 25.5. The summed E-state index contributed by atoms with van der Waals surface area (Å²) in [7, 11) is 0. The number of carbonyl (C=O) groups is 1. The Morgan fingerprint density at radius 2 is 1.67 bits per heavy atom. The fourth-order valence-corrected chi connectivity index (χ4v) is 4.40. The van der Waals surface area contributed by atoms with Crippen LogP contribution in [0.1, 0.15) is 63.5 Å². The van der Waals surface area contributed by atoms with E-state index in [0.717, 1.165) is 42.0 Å². The van der Waals surface area contributed by atoms with Crippen LogP contribution in [-0.2, 0) is 23.2 Å². The average Bonchev–Trinajstić information content (AvgIpc) is 3.24.